The van der Waals surface area contributed by atoms with Crippen LogP contribution in [0.4, 0.5) is 0 Å². The predicted molar refractivity (Wildman–Crippen MR) is 76.8 cm³/mol. The van der Waals surface area contributed by atoms with Gasteiger partial charge < -0.3 is 8.85 Å². The average molecular weight is 286 g/mol. The first-order valence-electron chi connectivity index (χ1n) is 5.99. The molecule has 18 heavy (non-hydrogen) atoms. The second-order valence-corrected chi connectivity index (χ2v) is 12.4. The molecule has 0 N–H and O–H groups in total. The van der Waals surface area contributed by atoms with E-state index >= 15 is 0 Å². The van der Waals surface area contributed by atoms with Crippen LogP contribution in [0.5, 0.6) is 0 Å². The molecular formula is C12H22O4Si2. The average Bonchev–Trinajstić information content (AvgIpc) is 2.38. The minimum Gasteiger partial charge on any atom is -0.507 e. The van der Waals surface area contributed by atoms with Gasteiger partial charge in [-0.05, 0) is 25.2 Å². The van der Waals surface area contributed by atoms with E-state index in [1.165, 1.54) is 0 Å². The van der Waals surface area contributed by atoms with E-state index in [9.17, 15) is 9.59 Å². The van der Waals surface area contributed by atoms with Crippen molar-refractivity contribution in [3.63, 3.8) is 0 Å². The summed E-state index contributed by atoms with van der Waals surface area (Å²) in [5, 5.41) is 0. The van der Waals surface area contributed by atoms with Crippen LogP contribution < -0.4 is 0 Å². The topological polar surface area (TPSA) is 52.6 Å². The Morgan fingerprint density at radius 3 is 1.39 bits per heavy atom. The summed E-state index contributed by atoms with van der Waals surface area (Å²) < 4.78 is 10.5. The Morgan fingerprint density at radius 2 is 1.22 bits per heavy atom. The van der Waals surface area contributed by atoms with E-state index in [2.05, 4.69) is 13.2 Å². The Balaban J connectivity index is 4.68. The third-order valence-electron chi connectivity index (χ3n) is 3.09. The van der Waals surface area contributed by atoms with Crippen molar-refractivity contribution in [3.8, 4) is 0 Å². The summed E-state index contributed by atoms with van der Waals surface area (Å²) in [5.74, 6) is -1.83. The van der Waals surface area contributed by atoms with Crippen LogP contribution in [-0.4, -0.2) is 28.6 Å². The van der Waals surface area contributed by atoms with Crippen molar-refractivity contribution in [2.75, 3.05) is 0 Å². The van der Waals surface area contributed by atoms with Gasteiger partial charge in [0.05, 0.1) is 0 Å². The monoisotopic (exact) mass is 286 g/mol. The zero-order valence-corrected chi connectivity index (χ0v) is 13.6. The summed E-state index contributed by atoms with van der Waals surface area (Å²) in [7, 11) is -4.63. The summed E-state index contributed by atoms with van der Waals surface area (Å²) in [6.07, 6.45) is 0. The van der Waals surface area contributed by atoms with E-state index in [1.807, 2.05) is 26.9 Å². The molecule has 0 bridgehead atoms. The van der Waals surface area contributed by atoms with Gasteiger partial charge in [-0.25, -0.2) is 9.59 Å². The fourth-order valence-corrected chi connectivity index (χ4v) is 3.07. The van der Waals surface area contributed by atoms with Gasteiger partial charge in [-0.15, -0.1) is 13.2 Å². The molecule has 0 radical (unpaired) electrons. The first-order chi connectivity index (χ1) is 8.25. The largest absolute Gasteiger partial charge is 0.507 e. The van der Waals surface area contributed by atoms with Crippen molar-refractivity contribution in [1.29, 1.82) is 0 Å². The smallest absolute Gasteiger partial charge is 0.403 e. The standard InChI is InChI=1S/C12H22O4Si2/c1-7-17(5,8-2)15-11(13)12(14)16-18(6,9-3)10-4/h7,9H,1,3,8,10H2,2,4-6H3. The summed E-state index contributed by atoms with van der Waals surface area (Å²) in [5.41, 5.74) is 3.28. The summed E-state index contributed by atoms with van der Waals surface area (Å²) in [4.78, 5) is 23.3. The van der Waals surface area contributed by atoms with Crippen molar-refractivity contribution in [1.82, 2.24) is 0 Å². The summed E-state index contributed by atoms with van der Waals surface area (Å²) in [6.45, 7) is 14.8. The molecule has 2 unspecified atom stereocenters. The number of rotatable bonds is 6. The molecular weight excluding hydrogens is 264 g/mol. The fourth-order valence-electron chi connectivity index (χ4n) is 1.02. The SMILES string of the molecule is C=C[Si](C)(CC)OC(=O)C(=O)O[Si](C)(C=C)CC. The molecule has 0 aliphatic heterocycles. The highest BCUT2D eigenvalue weighted by molar-refractivity contribution is 6.81. The molecule has 0 saturated heterocycles. The van der Waals surface area contributed by atoms with Crippen molar-refractivity contribution < 1.29 is 18.4 Å². The van der Waals surface area contributed by atoms with Crippen LogP contribution in [0, 0.1) is 0 Å². The fraction of sp³-hybridized carbons (Fsp3) is 0.500. The molecule has 102 valence electrons. The molecule has 0 saturated carbocycles. The van der Waals surface area contributed by atoms with E-state index in [-0.39, 0.29) is 0 Å². The molecule has 0 aromatic heterocycles. The third-order valence-corrected chi connectivity index (χ3v) is 8.92. The molecule has 2 atom stereocenters. The normalized spacial score (nSPS) is 16.9. The maximum absolute atomic E-state index is 11.7. The highest BCUT2D eigenvalue weighted by atomic mass is 28.4. The molecule has 0 aromatic rings. The molecule has 0 fully saturated rings. The zero-order valence-electron chi connectivity index (χ0n) is 11.6. The molecule has 0 aliphatic rings. The first kappa shape index (κ1) is 16.9. The van der Waals surface area contributed by atoms with Gasteiger partial charge in [0, 0.05) is 0 Å². The van der Waals surface area contributed by atoms with E-state index in [0.717, 1.165) is 0 Å². The molecule has 0 aliphatic carbocycles. The first-order valence-corrected chi connectivity index (χ1v) is 11.4. The van der Waals surface area contributed by atoms with E-state index in [1.54, 1.807) is 11.4 Å². The Labute approximate surface area is 111 Å². The molecule has 0 aromatic carbocycles. The summed E-state index contributed by atoms with van der Waals surface area (Å²) >= 11 is 0. The zero-order chi connectivity index (χ0) is 14.4. The van der Waals surface area contributed by atoms with Crippen molar-refractivity contribution >= 4 is 28.6 Å². The summed E-state index contributed by atoms with van der Waals surface area (Å²) in [6, 6.07) is 1.36. The number of carbonyl (C=O) groups is 2. The van der Waals surface area contributed by atoms with E-state index in [0.29, 0.717) is 12.1 Å². The molecule has 0 rings (SSSR count). The van der Waals surface area contributed by atoms with Gasteiger partial charge in [0.15, 0.2) is 0 Å². The minimum absolute atomic E-state index is 0.680. The number of carbonyl (C=O) groups excluding carboxylic acids is 2. The van der Waals surface area contributed by atoms with E-state index < -0.39 is 28.6 Å². The van der Waals surface area contributed by atoms with Crippen molar-refractivity contribution in [2.45, 2.75) is 39.0 Å². The van der Waals surface area contributed by atoms with Crippen LogP contribution in [0.1, 0.15) is 13.8 Å². The quantitative estimate of drug-likeness (QED) is 0.556. The van der Waals surface area contributed by atoms with Gasteiger partial charge in [0.2, 0.25) is 0 Å². The molecule has 6 heteroatoms. The molecule has 4 nitrogen and oxygen atoms in total. The predicted octanol–water partition coefficient (Wildman–Crippen LogP) is 2.71. The van der Waals surface area contributed by atoms with Crippen LogP contribution in [0.15, 0.2) is 24.6 Å². The van der Waals surface area contributed by atoms with Gasteiger partial charge in [0.1, 0.15) is 0 Å². The van der Waals surface area contributed by atoms with Gasteiger partial charge in [-0.1, -0.05) is 25.2 Å². The number of hydrogen-bond donors (Lipinski definition) is 0. The van der Waals surface area contributed by atoms with Gasteiger partial charge in [0.25, 0.3) is 16.6 Å². The van der Waals surface area contributed by atoms with Crippen LogP contribution in [0.2, 0.25) is 25.2 Å². The van der Waals surface area contributed by atoms with Crippen LogP contribution in [0.3, 0.4) is 0 Å². The van der Waals surface area contributed by atoms with Crippen molar-refractivity contribution in [3.05, 3.63) is 24.6 Å². The number of hydrogen-bond acceptors (Lipinski definition) is 4. The van der Waals surface area contributed by atoms with Gasteiger partial charge in [-0.2, -0.15) is 0 Å². The molecule has 0 heterocycles. The van der Waals surface area contributed by atoms with Gasteiger partial charge in [-0.3, -0.25) is 0 Å². The molecule has 0 amide bonds. The second kappa shape index (κ2) is 6.70. The lowest BCUT2D eigenvalue weighted by Gasteiger charge is -2.24. The lowest BCUT2D eigenvalue weighted by molar-refractivity contribution is -0.157. The lowest BCUT2D eigenvalue weighted by atomic mass is 10.7. The Bertz CT molecular complexity index is 322. The van der Waals surface area contributed by atoms with Gasteiger partial charge >= 0.3 is 11.9 Å². The van der Waals surface area contributed by atoms with E-state index in [4.69, 9.17) is 8.85 Å². The lowest BCUT2D eigenvalue weighted by Crippen LogP contribution is -2.42. The maximum Gasteiger partial charge on any atom is 0.403 e. The Morgan fingerprint density at radius 1 is 0.944 bits per heavy atom. The van der Waals surface area contributed by atoms with Crippen LogP contribution in [-0.2, 0) is 18.4 Å². The highest BCUT2D eigenvalue weighted by Crippen LogP contribution is 2.15. The van der Waals surface area contributed by atoms with Crippen LogP contribution >= 0.6 is 0 Å². The minimum atomic E-state index is -2.32. The third kappa shape index (κ3) is 4.62. The molecule has 0 spiro atoms. The maximum atomic E-state index is 11.7. The Hall–Kier alpha value is -1.15. The van der Waals surface area contributed by atoms with Crippen molar-refractivity contribution in [2.24, 2.45) is 0 Å². The van der Waals surface area contributed by atoms with Crippen LogP contribution in [0.25, 0.3) is 0 Å². The highest BCUT2D eigenvalue weighted by Gasteiger charge is 2.35. The Kier molecular flexibility index (Phi) is 6.27. The second-order valence-electron chi connectivity index (χ2n) is 4.52.